The molecule has 2 rings (SSSR count). The second-order valence-electron chi connectivity index (χ2n) is 4.10. The van der Waals surface area contributed by atoms with Crippen LogP contribution < -0.4 is 9.46 Å². The number of hydrogen-bond donors (Lipinski definition) is 1. The van der Waals surface area contributed by atoms with E-state index in [0.29, 0.717) is 0 Å². The van der Waals surface area contributed by atoms with Crippen LogP contribution >= 0.6 is 34.8 Å². The third-order valence-electron chi connectivity index (χ3n) is 2.49. The second-order valence-corrected chi connectivity index (χ2v) is 6.93. The second kappa shape index (κ2) is 7.35. The van der Waals surface area contributed by atoms with Crippen molar-refractivity contribution in [3.8, 4) is 5.88 Å². The van der Waals surface area contributed by atoms with Crippen molar-refractivity contribution < 1.29 is 13.2 Å². The van der Waals surface area contributed by atoms with E-state index in [4.69, 9.17) is 39.5 Å². The van der Waals surface area contributed by atoms with Gasteiger partial charge >= 0.3 is 0 Å². The van der Waals surface area contributed by atoms with Crippen LogP contribution in [0.3, 0.4) is 0 Å². The van der Waals surface area contributed by atoms with Gasteiger partial charge < -0.3 is 4.74 Å². The van der Waals surface area contributed by atoms with E-state index < -0.39 is 10.0 Å². The van der Waals surface area contributed by atoms with Crippen molar-refractivity contribution in [2.45, 2.75) is 4.90 Å². The van der Waals surface area contributed by atoms with E-state index in [-0.39, 0.29) is 38.4 Å². The minimum atomic E-state index is -4.04. The van der Waals surface area contributed by atoms with Crippen LogP contribution in [-0.2, 0) is 10.0 Å². The largest absolute Gasteiger partial charge is 0.471 e. The molecule has 0 spiro atoms. The van der Waals surface area contributed by atoms with Crippen LogP contribution in [-0.4, -0.2) is 25.0 Å². The molecule has 0 aliphatic heterocycles. The lowest BCUT2D eigenvalue weighted by molar-refractivity contribution is 0.349. The summed E-state index contributed by atoms with van der Waals surface area (Å²) in [6, 6.07) is 4.25. The summed E-state index contributed by atoms with van der Waals surface area (Å²) in [6.45, 7) is 3.59. The fourth-order valence-corrected chi connectivity index (χ4v) is 3.43. The van der Waals surface area contributed by atoms with Gasteiger partial charge in [0, 0.05) is 0 Å². The van der Waals surface area contributed by atoms with Gasteiger partial charge in [0.1, 0.15) is 11.5 Å². The predicted octanol–water partition coefficient (Wildman–Crippen LogP) is 3.80. The third-order valence-corrected chi connectivity index (χ3v) is 4.98. The van der Waals surface area contributed by atoms with Crippen LogP contribution in [0.15, 0.2) is 41.9 Å². The molecule has 0 radical (unpaired) electrons. The standard InChI is InChI=1S/C13H10Cl3N3O3S/c1-2-6-22-13-12(17-7-10(15)18-13)19-23(20,21)9-5-3-4-8(14)11(9)16/h2-5,7H,1,6H2,(H,17,19). The topological polar surface area (TPSA) is 81.2 Å². The summed E-state index contributed by atoms with van der Waals surface area (Å²) in [7, 11) is -4.04. The Morgan fingerprint density at radius 3 is 2.74 bits per heavy atom. The van der Waals surface area contributed by atoms with E-state index in [1.165, 1.54) is 30.5 Å². The number of hydrogen-bond acceptors (Lipinski definition) is 5. The van der Waals surface area contributed by atoms with Gasteiger partial charge in [0.2, 0.25) is 5.82 Å². The van der Waals surface area contributed by atoms with Gasteiger partial charge in [-0.3, -0.25) is 4.72 Å². The maximum atomic E-state index is 12.5. The molecule has 1 N–H and O–H groups in total. The highest BCUT2D eigenvalue weighted by atomic mass is 35.5. The van der Waals surface area contributed by atoms with Gasteiger partial charge in [-0.1, -0.05) is 53.5 Å². The lowest BCUT2D eigenvalue weighted by atomic mass is 10.4. The van der Waals surface area contributed by atoms with Crippen LogP contribution in [0.5, 0.6) is 5.88 Å². The summed E-state index contributed by atoms with van der Waals surface area (Å²) in [6.07, 6.45) is 2.65. The monoisotopic (exact) mass is 393 g/mol. The molecule has 0 saturated carbocycles. The number of nitrogens with zero attached hydrogens (tertiary/aromatic N) is 2. The fraction of sp³-hybridized carbons (Fsp3) is 0.0769. The Balaban J connectivity index is 2.41. The Kier molecular flexibility index (Phi) is 5.69. The van der Waals surface area contributed by atoms with Gasteiger partial charge in [-0.2, -0.15) is 4.98 Å². The molecule has 1 aromatic heterocycles. The molecule has 1 aromatic carbocycles. The van der Waals surface area contributed by atoms with Gasteiger partial charge in [0.05, 0.1) is 16.2 Å². The molecule has 6 nitrogen and oxygen atoms in total. The van der Waals surface area contributed by atoms with Crippen molar-refractivity contribution in [3.63, 3.8) is 0 Å². The van der Waals surface area contributed by atoms with Gasteiger partial charge in [0.25, 0.3) is 15.9 Å². The van der Waals surface area contributed by atoms with Crippen molar-refractivity contribution in [1.29, 1.82) is 0 Å². The molecule has 1 heterocycles. The minimum absolute atomic E-state index is 0.0489. The Hall–Kier alpha value is -1.54. The van der Waals surface area contributed by atoms with Crippen LogP contribution in [0.4, 0.5) is 5.82 Å². The SMILES string of the molecule is C=CCOc1nc(Cl)cnc1NS(=O)(=O)c1cccc(Cl)c1Cl. The van der Waals surface area contributed by atoms with Gasteiger partial charge in [-0.25, -0.2) is 13.4 Å². The molecule has 0 aliphatic carbocycles. The summed E-state index contributed by atoms with van der Waals surface area (Å²) in [4.78, 5) is 7.55. The number of anilines is 1. The number of rotatable bonds is 6. The lowest BCUT2D eigenvalue weighted by Gasteiger charge is -2.12. The highest BCUT2D eigenvalue weighted by molar-refractivity contribution is 7.92. The molecule has 23 heavy (non-hydrogen) atoms. The van der Waals surface area contributed by atoms with Crippen molar-refractivity contribution >= 4 is 50.6 Å². The first kappa shape index (κ1) is 17.8. The molecule has 0 aliphatic rings. The van der Waals surface area contributed by atoms with E-state index in [1.807, 2.05) is 0 Å². The molecule has 0 bridgehead atoms. The normalized spacial score (nSPS) is 11.1. The Morgan fingerprint density at radius 1 is 1.30 bits per heavy atom. The number of nitrogens with one attached hydrogen (secondary N) is 1. The maximum Gasteiger partial charge on any atom is 0.264 e. The molecule has 0 atom stereocenters. The quantitative estimate of drug-likeness (QED) is 0.754. The zero-order chi connectivity index (χ0) is 17.0. The molecule has 2 aromatic rings. The summed E-state index contributed by atoms with van der Waals surface area (Å²) in [5, 5.41) is 0.0600. The minimum Gasteiger partial charge on any atom is -0.471 e. The van der Waals surface area contributed by atoms with Crippen molar-refractivity contribution in [1.82, 2.24) is 9.97 Å². The molecule has 0 amide bonds. The van der Waals surface area contributed by atoms with Gasteiger partial charge in [-0.15, -0.1) is 0 Å². The van der Waals surface area contributed by atoms with Gasteiger partial charge in [-0.05, 0) is 12.1 Å². The first-order valence-electron chi connectivity index (χ1n) is 6.08. The fourth-order valence-electron chi connectivity index (χ4n) is 1.53. The number of sulfonamides is 1. The summed E-state index contributed by atoms with van der Waals surface area (Å²) >= 11 is 17.5. The molecular formula is C13H10Cl3N3O3S. The van der Waals surface area contributed by atoms with E-state index in [2.05, 4.69) is 21.3 Å². The number of aromatic nitrogens is 2. The number of ether oxygens (including phenoxy) is 1. The Labute approximate surface area is 148 Å². The molecule has 0 unspecified atom stereocenters. The Bertz CT molecular complexity index is 844. The summed E-state index contributed by atoms with van der Waals surface area (Å²) in [5.41, 5.74) is 0. The zero-order valence-electron chi connectivity index (χ0n) is 11.5. The van der Waals surface area contributed by atoms with E-state index in [9.17, 15) is 8.42 Å². The predicted molar refractivity (Wildman–Crippen MR) is 90.0 cm³/mol. The van der Waals surface area contributed by atoms with Crippen molar-refractivity contribution in [2.24, 2.45) is 0 Å². The van der Waals surface area contributed by atoms with Crippen molar-refractivity contribution in [3.05, 3.63) is 52.2 Å². The molecule has 0 fully saturated rings. The van der Waals surface area contributed by atoms with E-state index in [0.717, 1.165) is 0 Å². The molecular weight excluding hydrogens is 385 g/mol. The van der Waals surface area contributed by atoms with Crippen LogP contribution in [0, 0.1) is 0 Å². The summed E-state index contributed by atoms with van der Waals surface area (Å²) < 4.78 is 32.4. The first-order chi connectivity index (χ1) is 10.8. The number of benzene rings is 1. The third kappa shape index (κ3) is 4.26. The van der Waals surface area contributed by atoms with Crippen LogP contribution in [0.2, 0.25) is 15.2 Å². The number of halogens is 3. The van der Waals surface area contributed by atoms with E-state index >= 15 is 0 Å². The Morgan fingerprint density at radius 2 is 2.04 bits per heavy atom. The average Bonchev–Trinajstić information content (AvgIpc) is 2.50. The highest BCUT2D eigenvalue weighted by Crippen LogP contribution is 2.31. The first-order valence-corrected chi connectivity index (χ1v) is 8.70. The summed E-state index contributed by atoms with van der Waals surface area (Å²) in [5.74, 6) is -0.216. The molecule has 0 saturated heterocycles. The average molecular weight is 395 g/mol. The molecule has 122 valence electrons. The smallest absolute Gasteiger partial charge is 0.264 e. The maximum absolute atomic E-state index is 12.5. The van der Waals surface area contributed by atoms with Crippen molar-refractivity contribution in [2.75, 3.05) is 11.3 Å². The van der Waals surface area contributed by atoms with E-state index in [1.54, 1.807) is 0 Å². The van der Waals surface area contributed by atoms with Crippen LogP contribution in [0.25, 0.3) is 0 Å². The molecule has 10 heteroatoms. The van der Waals surface area contributed by atoms with Crippen LogP contribution in [0.1, 0.15) is 0 Å². The zero-order valence-corrected chi connectivity index (χ0v) is 14.5. The lowest BCUT2D eigenvalue weighted by Crippen LogP contribution is -2.16. The van der Waals surface area contributed by atoms with Gasteiger partial charge in [0.15, 0.2) is 5.15 Å². The highest BCUT2D eigenvalue weighted by Gasteiger charge is 2.22.